The van der Waals surface area contributed by atoms with Crippen molar-refractivity contribution in [1.29, 1.82) is 0 Å². The largest absolute Gasteiger partial charge is 0.478 e. The number of ether oxygens (including phenoxy) is 1. The molecule has 0 bridgehead atoms. The van der Waals surface area contributed by atoms with E-state index in [1.807, 2.05) is 31.5 Å². The first-order valence-electron chi connectivity index (χ1n) is 9.20. The third-order valence-corrected chi connectivity index (χ3v) is 5.04. The summed E-state index contributed by atoms with van der Waals surface area (Å²) in [5.74, 6) is 0.714. The Hall–Kier alpha value is -2.60. The molecule has 2 aliphatic heterocycles. The summed E-state index contributed by atoms with van der Waals surface area (Å²) in [5.41, 5.74) is 3.21. The van der Waals surface area contributed by atoms with Crippen molar-refractivity contribution < 1.29 is 9.53 Å². The highest BCUT2D eigenvalue weighted by Crippen LogP contribution is 2.31. The summed E-state index contributed by atoms with van der Waals surface area (Å²) >= 11 is 0. The number of carbonyl (C=O) groups excluding carboxylic acids is 1. The molecule has 136 valence electrons. The molecule has 1 aromatic carbocycles. The smallest absolute Gasteiger partial charge is 0.265 e. The van der Waals surface area contributed by atoms with Gasteiger partial charge in [-0.1, -0.05) is 13.0 Å². The van der Waals surface area contributed by atoms with E-state index in [2.05, 4.69) is 38.3 Å². The molecule has 1 atom stereocenters. The van der Waals surface area contributed by atoms with E-state index in [4.69, 9.17) is 4.74 Å². The van der Waals surface area contributed by atoms with E-state index in [9.17, 15) is 4.79 Å². The third-order valence-electron chi connectivity index (χ3n) is 5.04. The number of hydrogen-bond acceptors (Lipinski definition) is 5. The fraction of sp³-hybridized carbons (Fsp3) is 0.400. The Kier molecular flexibility index (Phi) is 4.75. The van der Waals surface area contributed by atoms with E-state index in [1.54, 1.807) is 0 Å². The van der Waals surface area contributed by atoms with Gasteiger partial charge >= 0.3 is 0 Å². The number of nitrogens with zero attached hydrogens (tertiary/aromatic N) is 3. The zero-order chi connectivity index (χ0) is 17.9. The fourth-order valence-corrected chi connectivity index (χ4v) is 3.54. The molecule has 6 heteroatoms. The van der Waals surface area contributed by atoms with Gasteiger partial charge < -0.3 is 15.0 Å². The van der Waals surface area contributed by atoms with Crippen LogP contribution < -0.4 is 15.0 Å². The highest BCUT2D eigenvalue weighted by Gasteiger charge is 2.26. The number of piperazine rings is 1. The molecule has 6 nitrogen and oxygen atoms in total. The number of aromatic nitrogens is 1. The summed E-state index contributed by atoms with van der Waals surface area (Å²) in [7, 11) is 0. The van der Waals surface area contributed by atoms with Gasteiger partial charge in [-0.05, 0) is 36.2 Å². The molecular weight excluding hydrogens is 328 g/mol. The van der Waals surface area contributed by atoms with Gasteiger partial charge in [0, 0.05) is 50.8 Å². The van der Waals surface area contributed by atoms with Gasteiger partial charge in [0.25, 0.3) is 5.91 Å². The summed E-state index contributed by atoms with van der Waals surface area (Å²) in [5, 5.41) is 2.97. The number of hydrogen-bond donors (Lipinski definition) is 1. The predicted molar refractivity (Wildman–Crippen MR) is 102 cm³/mol. The van der Waals surface area contributed by atoms with Gasteiger partial charge in [-0.15, -0.1) is 0 Å². The van der Waals surface area contributed by atoms with Crippen LogP contribution in [0.3, 0.4) is 0 Å². The SMILES string of the molecule is CCC1Oc2ccc(CN3CCN(c4ccncc4)CC3)cc2NC1=O. The van der Waals surface area contributed by atoms with Gasteiger partial charge in [-0.2, -0.15) is 0 Å². The zero-order valence-electron chi connectivity index (χ0n) is 15.0. The van der Waals surface area contributed by atoms with Crippen LogP contribution in [0.1, 0.15) is 18.9 Å². The van der Waals surface area contributed by atoms with Crippen molar-refractivity contribution in [3.63, 3.8) is 0 Å². The minimum absolute atomic E-state index is 0.0527. The average molecular weight is 352 g/mol. The van der Waals surface area contributed by atoms with Crippen LogP contribution in [0.4, 0.5) is 11.4 Å². The first-order chi connectivity index (χ1) is 12.7. The first kappa shape index (κ1) is 16.8. The highest BCUT2D eigenvalue weighted by molar-refractivity contribution is 5.97. The van der Waals surface area contributed by atoms with Crippen molar-refractivity contribution in [3.05, 3.63) is 48.3 Å². The van der Waals surface area contributed by atoms with Gasteiger partial charge in [0.2, 0.25) is 0 Å². The topological polar surface area (TPSA) is 57.7 Å². The monoisotopic (exact) mass is 352 g/mol. The number of amides is 1. The average Bonchev–Trinajstić information content (AvgIpc) is 2.69. The number of fused-ring (bicyclic) bond motifs is 1. The summed E-state index contributed by atoms with van der Waals surface area (Å²) in [6.07, 6.45) is 3.98. The third kappa shape index (κ3) is 3.51. The summed E-state index contributed by atoms with van der Waals surface area (Å²) in [6, 6.07) is 10.2. The lowest BCUT2D eigenvalue weighted by Crippen LogP contribution is -2.46. The standard InChI is InChI=1S/C20H24N4O2/c1-2-18-20(25)22-17-13-15(3-4-19(17)26-18)14-23-9-11-24(12-10-23)16-5-7-21-8-6-16/h3-8,13,18H,2,9-12,14H2,1H3,(H,22,25). The van der Waals surface area contributed by atoms with Crippen LogP contribution in [0.5, 0.6) is 5.75 Å². The van der Waals surface area contributed by atoms with Crippen LogP contribution in [0.25, 0.3) is 0 Å². The number of carbonyl (C=O) groups is 1. The lowest BCUT2D eigenvalue weighted by molar-refractivity contribution is -0.123. The van der Waals surface area contributed by atoms with Crippen LogP contribution >= 0.6 is 0 Å². The van der Waals surface area contributed by atoms with Gasteiger partial charge in [-0.3, -0.25) is 14.7 Å². The van der Waals surface area contributed by atoms with Crippen molar-refractivity contribution in [1.82, 2.24) is 9.88 Å². The second-order valence-corrected chi connectivity index (χ2v) is 6.80. The number of rotatable bonds is 4. The van der Waals surface area contributed by atoms with E-state index in [0.717, 1.165) is 44.2 Å². The molecule has 26 heavy (non-hydrogen) atoms. The Labute approximate surface area is 153 Å². The predicted octanol–water partition coefficient (Wildman–Crippen LogP) is 2.51. The molecule has 1 unspecified atom stereocenters. The van der Waals surface area contributed by atoms with E-state index in [0.29, 0.717) is 6.42 Å². The minimum Gasteiger partial charge on any atom is -0.478 e. The van der Waals surface area contributed by atoms with Crippen LogP contribution in [0.15, 0.2) is 42.7 Å². The van der Waals surface area contributed by atoms with E-state index in [-0.39, 0.29) is 12.0 Å². The van der Waals surface area contributed by atoms with Gasteiger partial charge in [-0.25, -0.2) is 0 Å². The van der Waals surface area contributed by atoms with Crippen molar-refractivity contribution in [2.45, 2.75) is 26.0 Å². The Bertz CT molecular complexity index is 773. The molecule has 1 saturated heterocycles. The zero-order valence-corrected chi connectivity index (χ0v) is 15.0. The van der Waals surface area contributed by atoms with E-state index in [1.165, 1.54) is 11.3 Å². The lowest BCUT2D eigenvalue weighted by Gasteiger charge is -2.36. The van der Waals surface area contributed by atoms with E-state index >= 15 is 0 Å². The highest BCUT2D eigenvalue weighted by atomic mass is 16.5. The van der Waals surface area contributed by atoms with Gasteiger partial charge in [0.15, 0.2) is 6.10 Å². The molecule has 1 aromatic heterocycles. The Morgan fingerprint density at radius 3 is 2.65 bits per heavy atom. The molecule has 0 saturated carbocycles. The Morgan fingerprint density at radius 1 is 1.15 bits per heavy atom. The van der Waals surface area contributed by atoms with Crippen LogP contribution in [0.2, 0.25) is 0 Å². The maximum atomic E-state index is 12.0. The van der Waals surface area contributed by atoms with Crippen LogP contribution in [-0.2, 0) is 11.3 Å². The molecule has 0 radical (unpaired) electrons. The van der Waals surface area contributed by atoms with Crippen molar-refractivity contribution in [3.8, 4) is 5.75 Å². The summed E-state index contributed by atoms with van der Waals surface area (Å²) in [6.45, 7) is 6.88. The summed E-state index contributed by atoms with van der Waals surface area (Å²) in [4.78, 5) is 20.9. The number of anilines is 2. The lowest BCUT2D eigenvalue weighted by atomic mass is 10.1. The maximum absolute atomic E-state index is 12.0. The Morgan fingerprint density at radius 2 is 1.92 bits per heavy atom. The number of benzene rings is 1. The molecule has 4 rings (SSSR count). The minimum atomic E-state index is -0.380. The summed E-state index contributed by atoms with van der Waals surface area (Å²) < 4.78 is 5.76. The molecule has 1 amide bonds. The van der Waals surface area contributed by atoms with Gasteiger partial charge in [0.1, 0.15) is 5.75 Å². The molecule has 0 aliphatic carbocycles. The molecule has 1 N–H and O–H groups in total. The van der Waals surface area contributed by atoms with E-state index < -0.39 is 0 Å². The maximum Gasteiger partial charge on any atom is 0.265 e. The molecule has 0 spiro atoms. The molecular formula is C20H24N4O2. The first-order valence-corrected chi connectivity index (χ1v) is 9.20. The fourth-order valence-electron chi connectivity index (χ4n) is 3.54. The second-order valence-electron chi connectivity index (χ2n) is 6.80. The number of nitrogens with one attached hydrogen (secondary N) is 1. The van der Waals surface area contributed by atoms with Crippen LogP contribution in [-0.4, -0.2) is 48.1 Å². The van der Waals surface area contributed by atoms with Crippen molar-refractivity contribution >= 4 is 17.3 Å². The molecule has 2 aromatic rings. The molecule has 2 aliphatic rings. The van der Waals surface area contributed by atoms with Crippen molar-refractivity contribution in [2.24, 2.45) is 0 Å². The molecule has 1 fully saturated rings. The van der Waals surface area contributed by atoms with Crippen molar-refractivity contribution in [2.75, 3.05) is 36.4 Å². The Balaban J connectivity index is 1.37. The normalized spacial score (nSPS) is 20.3. The quantitative estimate of drug-likeness (QED) is 0.916. The second kappa shape index (κ2) is 7.33. The van der Waals surface area contributed by atoms with Gasteiger partial charge in [0.05, 0.1) is 5.69 Å². The number of pyridine rings is 1. The molecule has 3 heterocycles. The van der Waals surface area contributed by atoms with Crippen LogP contribution in [0, 0.1) is 0 Å².